The van der Waals surface area contributed by atoms with Gasteiger partial charge in [-0.25, -0.2) is 14.2 Å². The molecular formula is C25H35FN4O3. The second-order valence-corrected chi connectivity index (χ2v) is 10.6. The van der Waals surface area contributed by atoms with Gasteiger partial charge in [-0.1, -0.05) is 25.8 Å². The van der Waals surface area contributed by atoms with E-state index in [1.165, 1.54) is 0 Å². The number of hydrogen-bond donors (Lipinski definition) is 2. The molecule has 7 nitrogen and oxygen atoms in total. The number of aromatic amines is 1. The van der Waals surface area contributed by atoms with Crippen molar-refractivity contribution in [1.29, 1.82) is 0 Å². The number of ether oxygens (including phenoxy) is 1. The number of amides is 2. The van der Waals surface area contributed by atoms with Crippen LogP contribution in [0.1, 0.15) is 83.6 Å². The van der Waals surface area contributed by atoms with Gasteiger partial charge in [-0.05, 0) is 57.9 Å². The lowest BCUT2D eigenvalue weighted by molar-refractivity contribution is -0.128. The number of fused-ring (bicyclic) bond motifs is 1. The zero-order valence-electron chi connectivity index (χ0n) is 20.0. The number of rotatable bonds is 5. The fourth-order valence-corrected chi connectivity index (χ4v) is 4.91. The minimum absolute atomic E-state index is 0.0605. The third-order valence-electron chi connectivity index (χ3n) is 6.72. The Morgan fingerprint density at radius 1 is 1.30 bits per heavy atom. The van der Waals surface area contributed by atoms with Gasteiger partial charge in [0.2, 0.25) is 5.91 Å². The molecule has 2 fully saturated rings. The Kier molecular flexibility index (Phi) is 6.64. The lowest BCUT2D eigenvalue weighted by atomic mass is 9.79. The zero-order valence-corrected chi connectivity index (χ0v) is 20.0. The minimum atomic E-state index is -0.613. The maximum absolute atomic E-state index is 15.4. The first-order valence-electron chi connectivity index (χ1n) is 12.0. The van der Waals surface area contributed by atoms with Crippen molar-refractivity contribution >= 4 is 23.0 Å². The number of carbonyl (C=O) groups is 2. The number of nitrogens with one attached hydrogen (secondary N) is 2. The number of hydrogen-bond acceptors (Lipinski definition) is 4. The second-order valence-electron chi connectivity index (χ2n) is 10.6. The molecular weight excluding hydrogens is 423 g/mol. The summed E-state index contributed by atoms with van der Waals surface area (Å²) in [5.74, 6) is 1.04. The molecule has 1 saturated heterocycles. The van der Waals surface area contributed by atoms with Gasteiger partial charge in [-0.2, -0.15) is 0 Å². The average Bonchev–Trinajstić information content (AvgIpc) is 3.34. The Morgan fingerprint density at radius 3 is 2.67 bits per heavy atom. The predicted molar refractivity (Wildman–Crippen MR) is 124 cm³/mol. The van der Waals surface area contributed by atoms with Crippen molar-refractivity contribution in [2.45, 2.75) is 84.4 Å². The summed E-state index contributed by atoms with van der Waals surface area (Å²) in [6, 6.07) is 3.13. The first kappa shape index (κ1) is 23.5. The summed E-state index contributed by atoms with van der Waals surface area (Å²) in [7, 11) is 0. The molecule has 4 rings (SSSR count). The van der Waals surface area contributed by atoms with Gasteiger partial charge in [-0.3, -0.25) is 4.79 Å². The molecule has 1 aromatic heterocycles. The fraction of sp³-hybridized carbons (Fsp3) is 0.640. The third-order valence-corrected chi connectivity index (χ3v) is 6.72. The average molecular weight is 459 g/mol. The van der Waals surface area contributed by atoms with Crippen LogP contribution in [0.3, 0.4) is 0 Å². The van der Waals surface area contributed by atoms with Crippen LogP contribution in [-0.2, 0) is 16.1 Å². The summed E-state index contributed by atoms with van der Waals surface area (Å²) in [5.41, 5.74) is 0.671. The Hall–Kier alpha value is -2.64. The summed E-state index contributed by atoms with van der Waals surface area (Å²) in [6.45, 7) is 8.63. The van der Waals surface area contributed by atoms with Gasteiger partial charge in [0, 0.05) is 25.1 Å². The quantitative estimate of drug-likeness (QED) is 0.643. The molecule has 0 unspecified atom stereocenters. The van der Waals surface area contributed by atoms with E-state index in [1.54, 1.807) is 17.0 Å². The highest BCUT2D eigenvalue weighted by atomic mass is 19.1. The van der Waals surface area contributed by atoms with Crippen LogP contribution in [0.15, 0.2) is 12.1 Å². The molecule has 1 atom stereocenters. The minimum Gasteiger partial charge on any atom is -0.444 e. The van der Waals surface area contributed by atoms with Gasteiger partial charge in [0.05, 0.1) is 11.6 Å². The molecule has 2 aliphatic rings. The lowest BCUT2D eigenvalue weighted by Gasteiger charge is -2.32. The van der Waals surface area contributed by atoms with Crippen molar-refractivity contribution in [3.63, 3.8) is 0 Å². The standard InChI is InChI=1S/C25H35FN4O3/c1-15-7-9-16(10-8-15)21(29-24(32)33-25(2,3)4)23-27-18-12-11-17(20(26)22(18)28-23)14-30-13-5-6-19(30)31/h11-12,15-16,21H,5-10,13-14H2,1-4H3,(H,27,28)(H,29,32)/t15?,16?,21-/m0/s1. The molecule has 1 saturated carbocycles. The van der Waals surface area contributed by atoms with Crippen LogP contribution in [-0.4, -0.2) is 39.0 Å². The fourth-order valence-electron chi connectivity index (χ4n) is 4.91. The van der Waals surface area contributed by atoms with Gasteiger partial charge >= 0.3 is 6.09 Å². The van der Waals surface area contributed by atoms with Crippen LogP contribution in [0.5, 0.6) is 0 Å². The van der Waals surface area contributed by atoms with Gasteiger partial charge < -0.3 is 19.9 Å². The number of likely N-dealkylation sites (tertiary alicyclic amines) is 1. The molecule has 180 valence electrons. The van der Waals surface area contributed by atoms with E-state index in [2.05, 4.69) is 22.2 Å². The van der Waals surface area contributed by atoms with Crippen molar-refractivity contribution < 1.29 is 18.7 Å². The topological polar surface area (TPSA) is 87.3 Å². The van der Waals surface area contributed by atoms with Crippen molar-refractivity contribution in [3.8, 4) is 0 Å². The molecule has 2 amide bonds. The van der Waals surface area contributed by atoms with Crippen LogP contribution in [0.2, 0.25) is 0 Å². The van der Waals surface area contributed by atoms with Crippen LogP contribution in [0.25, 0.3) is 11.0 Å². The van der Waals surface area contributed by atoms with Gasteiger partial charge in [0.15, 0.2) is 5.82 Å². The van der Waals surface area contributed by atoms with E-state index in [4.69, 9.17) is 4.74 Å². The molecule has 0 radical (unpaired) electrons. The molecule has 1 aliphatic heterocycles. The number of H-pyrrole nitrogens is 1. The molecule has 0 spiro atoms. The van der Waals surface area contributed by atoms with Crippen LogP contribution < -0.4 is 5.32 Å². The van der Waals surface area contributed by atoms with Gasteiger partial charge in [0.25, 0.3) is 0 Å². The molecule has 2 aromatic rings. The van der Waals surface area contributed by atoms with E-state index < -0.39 is 17.5 Å². The number of benzene rings is 1. The Balaban J connectivity index is 1.62. The number of halogens is 1. The largest absolute Gasteiger partial charge is 0.444 e. The van der Waals surface area contributed by atoms with E-state index >= 15 is 4.39 Å². The van der Waals surface area contributed by atoms with E-state index in [0.29, 0.717) is 35.8 Å². The molecule has 0 bridgehead atoms. The van der Waals surface area contributed by atoms with E-state index in [-0.39, 0.29) is 29.9 Å². The van der Waals surface area contributed by atoms with Gasteiger partial charge in [-0.15, -0.1) is 0 Å². The Labute approximate surface area is 194 Å². The highest BCUT2D eigenvalue weighted by Gasteiger charge is 2.32. The Morgan fingerprint density at radius 2 is 2.03 bits per heavy atom. The summed E-state index contributed by atoms with van der Waals surface area (Å²) in [6.07, 6.45) is 4.93. The second kappa shape index (κ2) is 9.31. The number of nitrogens with zero attached hydrogens (tertiary/aromatic N) is 2. The van der Waals surface area contributed by atoms with Crippen molar-refractivity contribution in [2.75, 3.05) is 6.54 Å². The van der Waals surface area contributed by atoms with Crippen molar-refractivity contribution in [2.24, 2.45) is 11.8 Å². The summed E-state index contributed by atoms with van der Waals surface area (Å²) < 4.78 is 20.9. The normalized spacial score (nSPS) is 22.6. The van der Waals surface area contributed by atoms with Gasteiger partial charge in [0.1, 0.15) is 16.9 Å². The first-order valence-corrected chi connectivity index (χ1v) is 12.0. The van der Waals surface area contributed by atoms with Crippen LogP contribution in [0, 0.1) is 17.7 Å². The molecule has 1 aromatic carbocycles. The maximum atomic E-state index is 15.4. The summed E-state index contributed by atoms with van der Waals surface area (Å²) in [4.78, 5) is 34.1. The van der Waals surface area contributed by atoms with E-state index in [1.807, 2.05) is 20.8 Å². The number of aromatic nitrogens is 2. The van der Waals surface area contributed by atoms with Crippen LogP contribution >= 0.6 is 0 Å². The first-order chi connectivity index (χ1) is 15.6. The summed E-state index contributed by atoms with van der Waals surface area (Å²) in [5, 5.41) is 3.00. The van der Waals surface area contributed by atoms with Crippen LogP contribution in [0.4, 0.5) is 9.18 Å². The predicted octanol–water partition coefficient (Wildman–Crippen LogP) is 5.22. The summed E-state index contributed by atoms with van der Waals surface area (Å²) >= 11 is 0. The highest BCUT2D eigenvalue weighted by molar-refractivity contribution is 5.79. The molecule has 2 N–H and O–H groups in total. The Bertz CT molecular complexity index is 1020. The van der Waals surface area contributed by atoms with E-state index in [9.17, 15) is 9.59 Å². The maximum Gasteiger partial charge on any atom is 0.408 e. The highest BCUT2D eigenvalue weighted by Crippen LogP contribution is 2.37. The number of alkyl carbamates (subject to hydrolysis) is 1. The molecule has 2 heterocycles. The van der Waals surface area contributed by atoms with Crippen molar-refractivity contribution in [3.05, 3.63) is 29.3 Å². The lowest BCUT2D eigenvalue weighted by Crippen LogP contribution is -2.39. The van der Waals surface area contributed by atoms with Crippen molar-refractivity contribution in [1.82, 2.24) is 20.2 Å². The zero-order chi connectivity index (χ0) is 23.8. The molecule has 8 heteroatoms. The smallest absolute Gasteiger partial charge is 0.408 e. The number of carbonyl (C=O) groups excluding carboxylic acids is 2. The number of imidazole rings is 1. The van der Waals surface area contributed by atoms with E-state index in [0.717, 1.165) is 32.1 Å². The molecule has 33 heavy (non-hydrogen) atoms. The third kappa shape index (κ3) is 5.47. The monoisotopic (exact) mass is 458 g/mol. The molecule has 1 aliphatic carbocycles. The SMILES string of the molecule is CC1CCC([C@H](NC(=O)OC(C)(C)C)c2nc3c(F)c(CN4CCCC4=O)ccc3[nH]2)CC1.